The number of hydrogen-bond acceptors (Lipinski definition) is 3. The molecule has 2 unspecified atom stereocenters. The van der Waals surface area contributed by atoms with Gasteiger partial charge in [-0.3, -0.25) is 14.9 Å². The largest absolute Gasteiger partial charge is 0.494 e. The molecule has 1 aromatic carbocycles. The highest BCUT2D eigenvalue weighted by Gasteiger charge is 2.35. The Balaban J connectivity index is 2.29. The monoisotopic (exact) mass is 261 g/mol. The topological polar surface area (TPSA) is 55.4 Å². The molecule has 2 rings (SSSR count). The first kappa shape index (κ1) is 13.6. The molecule has 1 saturated heterocycles. The lowest BCUT2D eigenvalue weighted by atomic mass is 9.79. The first-order chi connectivity index (χ1) is 9.15. The number of benzene rings is 1. The molecule has 19 heavy (non-hydrogen) atoms. The normalized spacial score (nSPS) is 23.1. The van der Waals surface area contributed by atoms with Crippen LogP contribution in [0, 0.1) is 5.92 Å². The lowest BCUT2D eigenvalue weighted by Crippen LogP contribution is -2.44. The zero-order valence-corrected chi connectivity index (χ0v) is 11.3. The zero-order chi connectivity index (χ0) is 13.8. The van der Waals surface area contributed by atoms with Gasteiger partial charge < -0.3 is 4.74 Å². The van der Waals surface area contributed by atoms with Gasteiger partial charge in [-0.2, -0.15) is 0 Å². The van der Waals surface area contributed by atoms with Gasteiger partial charge >= 0.3 is 0 Å². The van der Waals surface area contributed by atoms with Crippen LogP contribution in [0.4, 0.5) is 0 Å². The third-order valence-corrected chi connectivity index (χ3v) is 3.53. The Morgan fingerprint density at radius 1 is 1.32 bits per heavy atom. The summed E-state index contributed by atoms with van der Waals surface area (Å²) in [6.45, 7) is 4.50. The molecule has 1 fully saturated rings. The molecule has 1 aromatic rings. The third-order valence-electron chi connectivity index (χ3n) is 3.53. The number of piperidine rings is 1. The fourth-order valence-electron chi connectivity index (χ4n) is 2.63. The Bertz CT molecular complexity index is 484. The van der Waals surface area contributed by atoms with Crippen molar-refractivity contribution in [2.75, 3.05) is 6.61 Å². The van der Waals surface area contributed by atoms with Gasteiger partial charge in [-0.15, -0.1) is 0 Å². The summed E-state index contributed by atoms with van der Waals surface area (Å²) in [7, 11) is 0. The van der Waals surface area contributed by atoms with Crippen molar-refractivity contribution in [2.45, 2.75) is 32.6 Å². The summed E-state index contributed by atoms with van der Waals surface area (Å²) in [5, 5.41) is 2.41. The lowest BCUT2D eigenvalue weighted by molar-refractivity contribution is -0.137. The van der Waals surface area contributed by atoms with Gasteiger partial charge in [0.15, 0.2) is 0 Å². The number of nitrogens with one attached hydrogen (secondary N) is 1. The van der Waals surface area contributed by atoms with E-state index in [-0.39, 0.29) is 23.7 Å². The van der Waals surface area contributed by atoms with Gasteiger partial charge in [0.2, 0.25) is 11.8 Å². The number of rotatable bonds is 4. The number of imide groups is 1. The number of hydrogen-bond donors (Lipinski definition) is 1. The number of carbonyl (C=O) groups excluding carboxylic acids is 2. The van der Waals surface area contributed by atoms with E-state index in [4.69, 9.17) is 4.74 Å². The molecule has 1 aliphatic rings. The summed E-state index contributed by atoms with van der Waals surface area (Å²) in [6, 6.07) is 7.69. The van der Waals surface area contributed by atoms with Gasteiger partial charge in [0.05, 0.1) is 6.61 Å². The SMILES string of the molecule is CCOc1cccc(C2CC(=O)NC(=O)C2CC)c1. The Morgan fingerprint density at radius 2 is 2.11 bits per heavy atom. The van der Waals surface area contributed by atoms with Gasteiger partial charge in [0.25, 0.3) is 0 Å². The van der Waals surface area contributed by atoms with Crippen LogP contribution in [0.5, 0.6) is 5.75 Å². The van der Waals surface area contributed by atoms with Crippen LogP contribution in [0.3, 0.4) is 0 Å². The van der Waals surface area contributed by atoms with Gasteiger partial charge in [0, 0.05) is 18.3 Å². The predicted molar refractivity (Wildman–Crippen MR) is 71.9 cm³/mol. The first-order valence-electron chi connectivity index (χ1n) is 6.72. The fraction of sp³-hybridized carbons (Fsp3) is 0.467. The van der Waals surface area contributed by atoms with Crippen molar-refractivity contribution in [2.24, 2.45) is 5.92 Å². The minimum absolute atomic E-state index is 0.0494. The average Bonchev–Trinajstić information content (AvgIpc) is 2.38. The van der Waals surface area contributed by atoms with Crippen LogP contribution in [0.2, 0.25) is 0 Å². The van der Waals surface area contributed by atoms with Crippen molar-refractivity contribution in [1.82, 2.24) is 5.32 Å². The summed E-state index contributed by atoms with van der Waals surface area (Å²) >= 11 is 0. The van der Waals surface area contributed by atoms with E-state index in [1.165, 1.54) is 0 Å². The minimum atomic E-state index is -0.193. The van der Waals surface area contributed by atoms with Crippen molar-refractivity contribution in [1.29, 1.82) is 0 Å². The van der Waals surface area contributed by atoms with E-state index < -0.39 is 0 Å². The molecule has 102 valence electrons. The van der Waals surface area contributed by atoms with Crippen LogP contribution in [0.15, 0.2) is 24.3 Å². The molecule has 1 aliphatic heterocycles. The van der Waals surface area contributed by atoms with Crippen molar-refractivity contribution in [3.05, 3.63) is 29.8 Å². The molecule has 0 bridgehead atoms. The Labute approximate surface area is 113 Å². The molecule has 0 aromatic heterocycles. The summed E-state index contributed by atoms with van der Waals surface area (Å²) in [5.41, 5.74) is 1.00. The summed E-state index contributed by atoms with van der Waals surface area (Å²) < 4.78 is 5.47. The number of carbonyl (C=O) groups is 2. The lowest BCUT2D eigenvalue weighted by Gasteiger charge is -2.29. The molecule has 2 amide bonds. The summed E-state index contributed by atoms with van der Waals surface area (Å²) in [4.78, 5) is 23.4. The second-order valence-corrected chi connectivity index (χ2v) is 4.74. The van der Waals surface area contributed by atoms with Crippen LogP contribution < -0.4 is 10.1 Å². The third kappa shape index (κ3) is 2.95. The molecule has 4 heteroatoms. The Kier molecular flexibility index (Phi) is 4.20. The summed E-state index contributed by atoms with van der Waals surface area (Å²) in [6.07, 6.45) is 1.09. The molecular weight excluding hydrogens is 242 g/mol. The van der Waals surface area contributed by atoms with Crippen LogP contribution in [-0.4, -0.2) is 18.4 Å². The first-order valence-corrected chi connectivity index (χ1v) is 6.72. The van der Waals surface area contributed by atoms with Crippen LogP contribution in [0.25, 0.3) is 0 Å². The van der Waals surface area contributed by atoms with Crippen molar-refractivity contribution >= 4 is 11.8 Å². The number of amides is 2. The zero-order valence-electron chi connectivity index (χ0n) is 11.3. The van der Waals surface area contributed by atoms with Gasteiger partial charge in [-0.05, 0) is 31.0 Å². The van der Waals surface area contributed by atoms with Crippen molar-refractivity contribution in [3.63, 3.8) is 0 Å². The highest BCUT2D eigenvalue weighted by atomic mass is 16.5. The molecule has 4 nitrogen and oxygen atoms in total. The quantitative estimate of drug-likeness (QED) is 0.846. The molecular formula is C15H19NO3. The van der Waals surface area contributed by atoms with E-state index in [0.29, 0.717) is 13.0 Å². The minimum Gasteiger partial charge on any atom is -0.494 e. The van der Waals surface area contributed by atoms with Crippen LogP contribution >= 0.6 is 0 Å². The Hall–Kier alpha value is -1.84. The maximum absolute atomic E-state index is 11.9. The van der Waals surface area contributed by atoms with E-state index >= 15 is 0 Å². The molecule has 0 spiro atoms. The summed E-state index contributed by atoms with van der Waals surface area (Å²) in [5.74, 6) is 0.238. The van der Waals surface area contributed by atoms with E-state index in [2.05, 4.69) is 5.32 Å². The molecule has 1 N–H and O–H groups in total. The smallest absolute Gasteiger partial charge is 0.230 e. The Morgan fingerprint density at radius 3 is 2.79 bits per heavy atom. The maximum atomic E-state index is 11.9. The van der Waals surface area contributed by atoms with Gasteiger partial charge in [0.1, 0.15) is 5.75 Å². The second kappa shape index (κ2) is 5.87. The second-order valence-electron chi connectivity index (χ2n) is 4.74. The molecule has 1 heterocycles. The molecule has 0 aliphatic carbocycles. The maximum Gasteiger partial charge on any atom is 0.230 e. The van der Waals surface area contributed by atoms with Crippen LogP contribution in [0.1, 0.15) is 38.2 Å². The standard InChI is InChI=1S/C15H19NO3/c1-3-12-13(9-14(17)16-15(12)18)10-6-5-7-11(8-10)19-4-2/h5-8,12-13H,3-4,9H2,1-2H3,(H,16,17,18). The van der Waals surface area contributed by atoms with Crippen molar-refractivity contribution in [3.8, 4) is 5.75 Å². The molecule has 2 atom stereocenters. The highest BCUT2D eigenvalue weighted by molar-refractivity contribution is 5.99. The van der Waals surface area contributed by atoms with Crippen molar-refractivity contribution < 1.29 is 14.3 Å². The number of ether oxygens (including phenoxy) is 1. The van der Waals surface area contributed by atoms with Gasteiger partial charge in [-0.25, -0.2) is 0 Å². The average molecular weight is 261 g/mol. The van der Waals surface area contributed by atoms with E-state index in [9.17, 15) is 9.59 Å². The molecule has 0 saturated carbocycles. The van der Waals surface area contributed by atoms with Gasteiger partial charge in [-0.1, -0.05) is 19.1 Å². The van der Waals surface area contributed by atoms with E-state index in [1.54, 1.807) is 0 Å². The highest BCUT2D eigenvalue weighted by Crippen LogP contribution is 2.34. The van der Waals surface area contributed by atoms with Crippen LogP contribution in [-0.2, 0) is 9.59 Å². The molecule has 0 radical (unpaired) electrons. The predicted octanol–water partition coefficient (Wildman–Crippen LogP) is 2.24. The van der Waals surface area contributed by atoms with E-state index in [1.807, 2.05) is 38.1 Å². The van der Waals surface area contributed by atoms with E-state index in [0.717, 1.165) is 17.7 Å². The fourth-order valence-corrected chi connectivity index (χ4v) is 2.63.